The summed E-state index contributed by atoms with van der Waals surface area (Å²) < 4.78 is 0. The van der Waals surface area contributed by atoms with Gasteiger partial charge in [-0.1, -0.05) is 22.3 Å². The lowest BCUT2D eigenvalue weighted by atomic mass is 10.2. The SMILES string of the molecule is Cc1ccc2[nH]cc(S(C)(C)Cl)c2c1. The molecule has 1 nitrogen and oxygen atoms in total. The molecule has 1 heterocycles. The summed E-state index contributed by atoms with van der Waals surface area (Å²) in [7, 11) is 5.23. The Morgan fingerprint density at radius 3 is 2.64 bits per heavy atom. The average Bonchev–Trinajstić information content (AvgIpc) is 2.45. The highest BCUT2D eigenvalue weighted by atomic mass is 35.7. The Morgan fingerprint density at radius 2 is 2.00 bits per heavy atom. The number of aryl methyl sites for hydroxylation is 1. The standard InChI is InChI=1S/C11H14ClNS/c1-8-4-5-10-9(6-8)11(7-13-10)14(2,3)12/h4-7,13H,1-3H3. The van der Waals surface area contributed by atoms with Gasteiger partial charge in [0, 0.05) is 22.0 Å². The molecule has 0 aliphatic heterocycles. The molecule has 1 aromatic heterocycles. The van der Waals surface area contributed by atoms with E-state index in [9.17, 15) is 0 Å². The Labute approximate surface area is 90.3 Å². The molecule has 76 valence electrons. The second kappa shape index (κ2) is 3.21. The largest absolute Gasteiger partial charge is 0.360 e. The minimum atomic E-state index is -1.16. The van der Waals surface area contributed by atoms with Crippen molar-refractivity contribution < 1.29 is 0 Å². The molecule has 2 rings (SSSR count). The van der Waals surface area contributed by atoms with Crippen LogP contribution < -0.4 is 0 Å². The molecule has 0 bridgehead atoms. The van der Waals surface area contributed by atoms with E-state index in [-0.39, 0.29) is 0 Å². The van der Waals surface area contributed by atoms with E-state index < -0.39 is 9.24 Å². The van der Waals surface area contributed by atoms with Crippen LogP contribution in [0.3, 0.4) is 0 Å². The molecule has 3 heteroatoms. The first-order valence-corrected chi connectivity index (χ1v) is 7.77. The normalized spacial score (nSPS) is 13.4. The van der Waals surface area contributed by atoms with Crippen molar-refractivity contribution in [3.05, 3.63) is 30.0 Å². The first-order valence-electron chi connectivity index (χ1n) is 4.49. The molecule has 0 fully saturated rings. The minimum absolute atomic E-state index is 1.16. The molecule has 14 heavy (non-hydrogen) atoms. The van der Waals surface area contributed by atoms with Gasteiger partial charge in [0.25, 0.3) is 0 Å². The molecule has 0 amide bonds. The summed E-state index contributed by atoms with van der Waals surface area (Å²) in [6.45, 7) is 2.10. The van der Waals surface area contributed by atoms with Gasteiger partial charge < -0.3 is 4.98 Å². The number of aromatic nitrogens is 1. The van der Waals surface area contributed by atoms with Crippen molar-refractivity contribution in [2.45, 2.75) is 11.8 Å². The van der Waals surface area contributed by atoms with Gasteiger partial charge in [-0.05, 0) is 31.6 Å². The number of H-pyrrole nitrogens is 1. The van der Waals surface area contributed by atoms with Crippen LogP contribution in [0.25, 0.3) is 10.9 Å². The van der Waals surface area contributed by atoms with Gasteiger partial charge in [0.1, 0.15) is 0 Å². The fourth-order valence-corrected chi connectivity index (χ4v) is 3.02. The van der Waals surface area contributed by atoms with E-state index in [1.165, 1.54) is 21.4 Å². The maximum absolute atomic E-state index is 6.39. The van der Waals surface area contributed by atoms with Gasteiger partial charge in [-0.15, -0.1) is 9.24 Å². The lowest BCUT2D eigenvalue weighted by molar-refractivity contribution is 1.41. The van der Waals surface area contributed by atoms with E-state index in [2.05, 4.69) is 42.6 Å². The fraction of sp³-hybridized carbons (Fsp3) is 0.273. The summed E-state index contributed by atoms with van der Waals surface area (Å²) in [4.78, 5) is 4.51. The molecular formula is C11H14ClNS. The summed E-state index contributed by atoms with van der Waals surface area (Å²) in [6.07, 6.45) is 6.23. The molecule has 2 aromatic rings. The van der Waals surface area contributed by atoms with Crippen molar-refractivity contribution in [1.29, 1.82) is 0 Å². The van der Waals surface area contributed by atoms with Crippen LogP contribution in [0.1, 0.15) is 5.56 Å². The topological polar surface area (TPSA) is 15.8 Å². The van der Waals surface area contributed by atoms with Crippen molar-refractivity contribution in [2.24, 2.45) is 0 Å². The number of hydrogen-bond donors (Lipinski definition) is 1. The summed E-state index contributed by atoms with van der Waals surface area (Å²) in [5.41, 5.74) is 2.45. The third-order valence-corrected chi connectivity index (χ3v) is 4.20. The Kier molecular flexibility index (Phi) is 2.28. The van der Waals surface area contributed by atoms with Crippen LogP contribution in [-0.2, 0) is 0 Å². The van der Waals surface area contributed by atoms with Gasteiger partial charge in [-0.3, -0.25) is 0 Å². The molecular weight excluding hydrogens is 214 g/mol. The third kappa shape index (κ3) is 1.64. The second-order valence-electron chi connectivity index (χ2n) is 3.90. The van der Waals surface area contributed by atoms with E-state index in [1.807, 2.05) is 6.20 Å². The Hall–Kier alpha value is -0.600. The van der Waals surface area contributed by atoms with Crippen molar-refractivity contribution in [3.63, 3.8) is 0 Å². The molecule has 0 saturated carbocycles. The summed E-state index contributed by atoms with van der Waals surface area (Å²) in [5.74, 6) is 0. The molecule has 0 radical (unpaired) electrons. The van der Waals surface area contributed by atoms with E-state index in [1.54, 1.807) is 0 Å². The van der Waals surface area contributed by atoms with Crippen LogP contribution in [0.4, 0.5) is 0 Å². The van der Waals surface area contributed by atoms with Crippen LogP contribution >= 0.6 is 19.9 Å². The second-order valence-corrected chi connectivity index (χ2v) is 9.06. The number of hydrogen-bond acceptors (Lipinski definition) is 0. The van der Waals surface area contributed by atoms with E-state index >= 15 is 0 Å². The summed E-state index contributed by atoms with van der Waals surface area (Å²) in [5, 5.41) is 1.26. The van der Waals surface area contributed by atoms with Gasteiger partial charge in [0.15, 0.2) is 0 Å². The number of halogens is 1. The average molecular weight is 228 g/mol. The van der Waals surface area contributed by atoms with Gasteiger partial charge in [0.2, 0.25) is 0 Å². The Balaban J connectivity index is 2.73. The van der Waals surface area contributed by atoms with Gasteiger partial charge in [-0.25, -0.2) is 0 Å². The summed E-state index contributed by atoms with van der Waals surface area (Å²) in [6, 6.07) is 6.41. The van der Waals surface area contributed by atoms with Gasteiger partial charge >= 0.3 is 0 Å². The van der Waals surface area contributed by atoms with Crippen molar-refractivity contribution >= 4 is 30.8 Å². The van der Waals surface area contributed by atoms with E-state index in [0.717, 1.165) is 0 Å². The molecule has 1 aromatic carbocycles. The summed E-state index contributed by atoms with van der Waals surface area (Å²) >= 11 is 0. The minimum Gasteiger partial charge on any atom is -0.360 e. The van der Waals surface area contributed by atoms with Crippen molar-refractivity contribution in [1.82, 2.24) is 4.98 Å². The Bertz CT molecular complexity index is 468. The van der Waals surface area contributed by atoms with Gasteiger partial charge in [-0.2, -0.15) is 0 Å². The van der Waals surface area contributed by atoms with Crippen molar-refractivity contribution in [3.8, 4) is 0 Å². The highest BCUT2D eigenvalue weighted by Gasteiger charge is 2.15. The molecule has 0 aliphatic rings. The number of rotatable bonds is 1. The van der Waals surface area contributed by atoms with Crippen LogP contribution in [0.2, 0.25) is 0 Å². The predicted octanol–water partition coefficient (Wildman–Crippen LogP) is 4.05. The van der Waals surface area contributed by atoms with Crippen LogP contribution in [0, 0.1) is 6.92 Å². The molecule has 0 atom stereocenters. The number of nitrogens with one attached hydrogen (secondary N) is 1. The van der Waals surface area contributed by atoms with Crippen LogP contribution in [0.5, 0.6) is 0 Å². The smallest absolute Gasteiger partial charge is 0.0465 e. The monoisotopic (exact) mass is 227 g/mol. The molecule has 0 saturated heterocycles. The maximum atomic E-state index is 6.39. The molecule has 0 spiro atoms. The van der Waals surface area contributed by atoms with E-state index in [4.69, 9.17) is 10.7 Å². The van der Waals surface area contributed by atoms with Crippen LogP contribution in [-0.4, -0.2) is 17.5 Å². The first-order chi connectivity index (χ1) is 6.48. The van der Waals surface area contributed by atoms with E-state index in [0.29, 0.717) is 0 Å². The number of fused-ring (bicyclic) bond motifs is 1. The molecule has 0 aliphatic carbocycles. The van der Waals surface area contributed by atoms with Gasteiger partial charge in [0.05, 0.1) is 0 Å². The highest BCUT2D eigenvalue weighted by molar-refractivity contribution is 8.50. The molecule has 1 N–H and O–H groups in total. The zero-order valence-electron chi connectivity index (χ0n) is 8.60. The zero-order chi connectivity index (χ0) is 10.3. The van der Waals surface area contributed by atoms with Crippen molar-refractivity contribution in [2.75, 3.05) is 12.5 Å². The third-order valence-electron chi connectivity index (χ3n) is 2.32. The number of aromatic amines is 1. The quantitative estimate of drug-likeness (QED) is 0.757. The zero-order valence-corrected chi connectivity index (χ0v) is 10.2. The predicted molar refractivity (Wildman–Crippen MR) is 66.6 cm³/mol. The lowest BCUT2D eigenvalue weighted by Crippen LogP contribution is -1.84. The number of benzene rings is 1. The first kappa shape index (κ1) is 9.94. The Morgan fingerprint density at radius 1 is 1.29 bits per heavy atom. The highest BCUT2D eigenvalue weighted by Crippen LogP contribution is 2.56. The molecule has 0 unspecified atom stereocenters. The maximum Gasteiger partial charge on any atom is 0.0465 e. The van der Waals surface area contributed by atoms with Crippen LogP contribution in [0.15, 0.2) is 29.3 Å². The lowest BCUT2D eigenvalue weighted by Gasteiger charge is -2.20. The fourth-order valence-electron chi connectivity index (χ4n) is 1.61.